The van der Waals surface area contributed by atoms with E-state index in [2.05, 4.69) is 10.6 Å². The molecule has 3 rings (SSSR count). The average Bonchev–Trinajstić information content (AvgIpc) is 2.74. The lowest BCUT2D eigenvalue weighted by atomic mass is 9.83. The Bertz CT molecular complexity index is 472. The SMILES string of the molecule is C[C@@H]1Cn2c(C(F)(F)F)ccc2C2(CCNCC2)N1. The zero-order valence-corrected chi connectivity index (χ0v) is 10.8. The number of alkyl halides is 3. The topological polar surface area (TPSA) is 29.0 Å². The molecule has 2 aliphatic rings. The normalized spacial score (nSPS) is 26.4. The molecule has 1 aromatic rings. The van der Waals surface area contributed by atoms with Crippen LogP contribution in [-0.4, -0.2) is 23.7 Å². The summed E-state index contributed by atoms with van der Waals surface area (Å²) in [5, 5.41) is 6.79. The van der Waals surface area contributed by atoms with Gasteiger partial charge in [-0.2, -0.15) is 13.2 Å². The molecule has 19 heavy (non-hydrogen) atoms. The molecule has 0 saturated carbocycles. The van der Waals surface area contributed by atoms with Gasteiger partial charge in [0.25, 0.3) is 0 Å². The van der Waals surface area contributed by atoms with Gasteiger partial charge in [-0.1, -0.05) is 0 Å². The lowest BCUT2D eigenvalue weighted by Crippen LogP contribution is -2.58. The maximum atomic E-state index is 13.0. The van der Waals surface area contributed by atoms with E-state index in [-0.39, 0.29) is 11.6 Å². The van der Waals surface area contributed by atoms with Gasteiger partial charge in [-0.25, -0.2) is 0 Å². The van der Waals surface area contributed by atoms with Gasteiger partial charge in [0.2, 0.25) is 0 Å². The van der Waals surface area contributed by atoms with Gasteiger partial charge in [0.1, 0.15) is 5.69 Å². The van der Waals surface area contributed by atoms with Crippen molar-refractivity contribution in [2.45, 2.75) is 44.1 Å². The molecular weight excluding hydrogens is 255 g/mol. The zero-order chi connectivity index (χ0) is 13.7. The van der Waals surface area contributed by atoms with Crippen molar-refractivity contribution in [2.75, 3.05) is 13.1 Å². The van der Waals surface area contributed by atoms with Crippen molar-refractivity contribution in [1.82, 2.24) is 15.2 Å². The molecule has 0 unspecified atom stereocenters. The average molecular weight is 273 g/mol. The first-order valence-electron chi connectivity index (χ1n) is 6.68. The maximum absolute atomic E-state index is 13.0. The lowest BCUT2D eigenvalue weighted by Gasteiger charge is -2.45. The van der Waals surface area contributed by atoms with Gasteiger partial charge in [0.05, 0.1) is 5.54 Å². The molecule has 2 aliphatic heterocycles. The monoisotopic (exact) mass is 273 g/mol. The molecule has 1 spiro atoms. The lowest BCUT2D eigenvalue weighted by molar-refractivity contribution is -0.144. The van der Waals surface area contributed by atoms with Crippen LogP contribution in [0, 0.1) is 0 Å². The molecule has 106 valence electrons. The number of piperidine rings is 1. The molecule has 0 amide bonds. The van der Waals surface area contributed by atoms with E-state index in [1.807, 2.05) is 6.92 Å². The van der Waals surface area contributed by atoms with Crippen LogP contribution in [0.2, 0.25) is 0 Å². The number of aromatic nitrogens is 1. The Labute approximate surface area is 110 Å². The third-order valence-electron chi connectivity index (χ3n) is 4.20. The summed E-state index contributed by atoms with van der Waals surface area (Å²) >= 11 is 0. The summed E-state index contributed by atoms with van der Waals surface area (Å²) in [4.78, 5) is 0. The molecule has 0 aromatic carbocycles. The van der Waals surface area contributed by atoms with Crippen LogP contribution in [0.15, 0.2) is 12.1 Å². The fourth-order valence-corrected chi connectivity index (χ4v) is 3.45. The van der Waals surface area contributed by atoms with Crippen molar-refractivity contribution in [3.8, 4) is 0 Å². The van der Waals surface area contributed by atoms with Gasteiger partial charge in [-0.15, -0.1) is 0 Å². The minimum atomic E-state index is -4.27. The minimum Gasteiger partial charge on any atom is -0.338 e. The quantitative estimate of drug-likeness (QED) is 0.758. The van der Waals surface area contributed by atoms with E-state index >= 15 is 0 Å². The first kappa shape index (κ1) is 13.0. The fraction of sp³-hybridized carbons (Fsp3) is 0.692. The highest BCUT2D eigenvalue weighted by atomic mass is 19.4. The molecule has 0 bridgehead atoms. The third-order valence-corrected chi connectivity index (χ3v) is 4.20. The molecule has 1 fully saturated rings. The predicted molar refractivity (Wildman–Crippen MR) is 65.8 cm³/mol. The summed E-state index contributed by atoms with van der Waals surface area (Å²) in [5.41, 5.74) is -0.0277. The van der Waals surface area contributed by atoms with E-state index in [0.717, 1.165) is 31.6 Å². The molecular formula is C13H18F3N3. The highest BCUT2D eigenvalue weighted by Crippen LogP contribution is 2.39. The van der Waals surface area contributed by atoms with Crippen molar-refractivity contribution < 1.29 is 13.2 Å². The standard InChI is InChI=1S/C13H18F3N3/c1-9-8-19-10(2-3-11(19)13(14,15)16)12(18-9)4-6-17-7-5-12/h2-3,9,17-18H,4-8H2,1H3/t9-/m1/s1. The molecule has 1 atom stereocenters. The van der Waals surface area contributed by atoms with Gasteiger partial charge < -0.3 is 15.2 Å². The molecule has 3 nitrogen and oxygen atoms in total. The molecule has 0 aliphatic carbocycles. The minimum absolute atomic E-state index is 0.0547. The van der Waals surface area contributed by atoms with Crippen LogP contribution in [0.3, 0.4) is 0 Å². The Hall–Kier alpha value is -1.01. The first-order valence-corrected chi connectivity index (χ1v) is 6.68. The second kappa shape index (κ2) is 4.24. The third kappa shape index (κ3) is 2.07. The Kier molecular flexibility index (Phi) is 2.90. The highest BCUT2D eigenvalue weighted by Gasteiger charge is 2.44. The van der Waals surface area contributed by atoms with E-state index in [0.29, 0.717) is 6.54 Å². The van der Waals surface area contributed by atoms with Crippen LogP contribution in [0.5, 0.6) is 0 Å². The van der Waals surface area contributed by atoms with Crippen molar-refractivity contribution >= 4 is 0 Å². The number of rotatable bonds is 0. The molecule has 6 heteroatoms. The number of hydrogen-bond donors (Lipinski definition) is 2. The molecule has 1 saturated heterocycles. The molecule has 2 N–H and O–H groups in total. The Morgan fingerprint density at radius 3 is 2.58 bits per heavy atom. The van der Waals surface area contributed by atoms with Crippen molar-refractivity contribution in [3.05, 3.63) is 23.5 Å². The number of nitrogens with one attached hydrogen (secondary N) is 2. The van der Waals surface area contributed by atoms with Crippen LogP contribution in [0.25, 0.3) is 0 Å². The van der Waals surface area contributed by atoms with Gasteiger partial charge in [-0.3, -0.25) is 0 Å². The summed E-state index contributed by atoms with van der Waals surface area (Å²) in [6, 6.07) is 2.92. The van der Waals surface area contributed by atoms with E-state index in [9.17, 15) is 13.2 Å². The number of halogens is 3. The van der Waals surface area contributed by atoms with Crippen LogP contribution in [0.1, 0.15) is 31.2 Å². The second-order valence-electron chi connectivity index (χ2n) is 5.59. The summed E-state index contributed by atoms with van der Waals surface area (Å²) in [6.45, 7) is 4.01. The van der Waals surface area contributed by atoms with Gasteiger partial charge in [0, 0.05) is 18.3 Å². The molecule has 1 aromatic heterocycles. The van der Waals surface area contributed by atoms with Crippen LogP contribution in [0.4, 0.5) is 13.2 Å². The number of hydrogen-bond acceptors (Lipinski definition) is 2. The summed E-state index contributed by atoms with van der Waals surface area (Å²) in [5.74, 6) is 0. The maximum Gasteiger partial charge on any atom is 0.431 e. The summed E-state index contributed by atoms with van der Waals surface area (Å²) in [6.07, 6.45) is -2.61. The van der Waals surface area contributed by atoms with Crippen molar-refractivity contribution in [1.29, 1.82) is 0 Å². The van der Waals surface area contributed by atoms with E-state index in [4.69, 9.17) is 0 Å². The number of fused-ring (bicyclic) bond motifs is 2. The molecule has 0 radical (unpaired) electrons. The summed E-state index contributed by atoms with van der Waals surface area (Å²) < 4.78 is 40.6. The fourth-order valence-electron chi connectivity index (χ4n) is 3.45. The summed E-state index contributed by atoms with van der Waals surface area (Å²) in [7, 11) is 0. The van der Waals surface area contributed by atoms with Crippen molar-refractivity contribution in [3.63, 3.8) is 0 Å². The van der Waals surface area contributed by atoms with E-state index in [1.165, 1.54) is 10.6 Å². The van der Waals surface area contributed by atoms with Crippen molar-refractivity contribution in [2.24, 2.45) is 0 Å². The Morgan fingerprint density at radius 1 is 1.26 bits per heavy atom. The Balaban J connectivity index is 2.08. The number of nitrogens with zero attached hydrogens (tertiary/aromatic N) is 1. The van der Waals surface area contributed by atoms with E-state index in [1.54, 1.807) is 6.07 Å². The highest BCUT2D eigenvalue weighted by molar-refractivity contribution is 5.28. The Morgan fingerprint density at radius 2 is 1.95 bits per heavy atom. The molecule has 3 heterocycles. The van der Waals surface area contributed by atoms with Gasteiger partial charge >= 0.3 is 6.18 Å². The first-order chi connectivity index (χ1) is 8.92. The predicted octanol–water partition coefficient (Wildman–Crippen LogP) is 2.08. The van der Waals surface area contributed by atoms with Gasteiger partial charge in [-0.05, 0) is 45.0 Å². The van der Waals surface area contributed by atoms with Crippen LogP contribution in [-0.2, 0) is 18.3 Å². The van der Waals surface area contributed by atoms with E-state index < -0.39 is 11.9 Å². The second-order valence-corrected chi connectivity index (χ2v) is 5.59. The van der Waals surface area contributed by atoms with Crippen LogP contribution < -0.4 is 10.6 Å². The smallest absolute Gasteiger partial charge is 0.338 e. The van der Waals surface area contributed by atoms with Crippen LogP contribution >= 0.6 is 0 Å². The van der Waals surface area contributed by atoms with Gasteiger partial charge in [0.15, 0.2) is 0 Å². The zero-order valence-electron chi connectivity index (χ0n) is 10.8. The largest absolute Gasteiger partial charge is 0.431 e.